The Hall–Kier alpha value is -2.36. The third-order valence-electron chi connectivity index (χ3n) is 2.46. The van der Waals surface area contributed by atoms with E-state index < -0.39 is 0 Å². The zero-order chi connectivity index (χ0) is 12.8. The molecule has 4 nitrogen and oxygen atoms in total. The average Bonchev–Trinajstić information content (AvgIpc) is 2.46. The quantitative estimate of drug-likeness (QED) is 0.837. The van der Waals surface area contributed by atoms with E-state index in [1.165, 1.54) is 0 Å². The minimum absolute atomic E-state index is 0.799. The summed E-state index contributed by atoms with van der Waals surface area (Å²) in [6.45, 7) is 0. The van der Waals surface area contributed by atoms with Crippen LogP contribution in [0, 0.1) is 0 Å². The molecule has 1 aromatic carbocycles. The molecule has 4 heteroatoms. The van der Waals surface area contributed by atoms with Crippen LogP contribution < -0.4 is 10.1 Å². The molecule has 0 spiro atoms. The Morgan fingerprint density at radius 3 is 2.83 bits per heavy atom. The molecule has 1 N–H and O–H groups in total. The van der Waals surface area contributed by atoms with E-state index in [4.69, 9.17) is 4.74 Å². The van der Waals surface area contributed by atoms with Crippen LogP contribution in [0.4, 0.5) is 11.5 Å². The molecule has 0 radical (unpaired) electrons. The van der Waals surface area contributed by atoms with Crippen molar-refractivity contribution in [3.63, 3.8) is 0 Å². The highest BCUT2D eigenvalue weighted by atomic mass is 16.5. The van der Waals surface area contributed by atoms with Gasteiger partial charge in [0, 0.05) is 31.1 Å². The van der Waals surface area contributed by atoms with Crippen molar-refractivity contribution in [1.29, 1.82) is 0 Å². The summed E-state index contributed by atoms with van der Waals surface area (Å²) in [5, 5.41) is 2.97. The number of aliphatic imine (C=N–C) groups is 1. The number of ether oxygens (including phenoxy) is 1. The smallest absolute Gasteiger partial charge is 0.125 e. The van der Waals surface area contributed by atoms with E-state index in [0.717, 1.165) is 22.8 Å². The van der Waals surface area contributed by atoms with Gasteiger partial charge >= 0.3 is 0 Å². The van der Waals surface area contributed by atoms with Crippen molar-refractivity contribution in [2.75, 3.05) is 19.5 Å². The van der Waals surface area contributed by atoms with E-state index in [1.807, 2.05) is 43.4 Å². The molecule has 0 atom stereocenters. The SMILES string of the molecule is CNc1ccc(/C=N/c2cccc(OC)c2)cn1. The third-order valence-corrected chi connectivity index (χ3v) is 2.46. The predicted molar refractivity (Wildman–Crippen MR) is 74.0 cm³/mol. The van der Waals surface area contributed by atoms with Gasteiger partial charge in [0.15, 0.2) is 0 Å². The predicted octanol–water partition coefficient (Wildman–Crippen LogP) is 2.88. The molecule has 1 aromatic heterocycles. The lowest BCUT2D eigenvalue weighted by Crippen LogP contribution is -1.92. The number of benzene rings is 1. The van der Waals surface area contributed by atoms with Gasteiger partial charge in [0.2, 0.25) is 0 Å². The largest absolute Gasteiger partial charge is 0.497 e. The molecule has 2 aromatic rings. The van der Waals surface area contributed by atoms with Crippen molar-refractivity contribution in [3.05, 3.63) is 48.2 Å². The second-order valence-electron chi connectivity index (χ2n) is 3.69. The first-order valence-electron chi connectivity index (χ1n) is 5.64. The zero-order valence-electron chi connectivity index (χ0n) is 10.4. The zero-order valence-corrected chi connectivity index (χ0v) is 10.4. The van der Waals surface area contributed by atoms with Gasteiger partial charge in [-0.05, 0) is 24.3 Å². The van der Waals surface area contributed by atoms with Crippen LogP contribution >= 0.6 is 0 Å². The van der Waals surface area contributed by atoms with Crippen LogP contribution in [-0.2, 0) is 0 Å². The van der Waals surface area contributed by atoms with Gasteiger partial charge in [0.05, 0.1) is 12.8 Å². The summed E-state index contributed by atoms with van der Waals surface area (Å²) in [6, 6.07) is 11.5. The number of hydrogen-bond donors (Lipinski definition) is 1. The molecule has 0 unspecified atom stereocenters. The Morgan fingerprint density at radius 2 is 2.17 bits per heavy atom. The maximum atomic E-state index is 5.14. The van der Waals surface area contributed by atoms with Crippen LogP contribution in [0.2, 0.25) is 0 Å². The van der Waals surface area contributed by atoms with Crippen molar-refractivity contribution in [2.24, 2.45) is 4.99 Å². The molecule has 0 bridgehead atoms. The lowest BCUT2D eigenvalue weighted by Gasteiger charge is -2.00. The summed E-state index contributed by atoms with van der Waals surface area (Å²) in [5.74, 6) is 1.64. The minimum Gasteiger partial charge on any atom is -0.497 e. The first-order chi connectivity index (χ1) is 8.81. The number of pyridine rings is 1. The van der Waals surface area contributed by atoms with Crippen LogP contribution in [0.25, 0.3) is 0 Å². The fourth-order valence-corrected chi connectivity index (χ4v) is 1.47. The van der Waals surface area contributed by atoms with Gasteiger partial charge in [-0.2, -0.15) is 0 Å². The molecular weight excluding hydrogens is 226 g/mol. The molecule has 0 saturated carbocycles. The molecule has 1 heterocycles. The number of nitrogens with zero attached hydrogens (tertiary/aromatic N) is 2. The Kier molecular flexibility index (Phi) is 3.91. The first-order valence-corrected chi connectivity index (χ1v) is 5.64. The standard InChI is InChI=1S/C14H15N3O/c1-15-14-7-6-11(10-17-14)9-16-12-4-3-5-13(8-12)18-2/h3-10H,1-2H3,(H,15,17)/b16-9+. The number of anilines is 1. The topological polar surface area (TPSA) is 46.5 Å². The molecule has 0 amide bonds. The minimum atomic E-state index is 0.799. The summed E-state index contributed by atoms with van der Waals surface area (Å²) in [5.41, 5.74) is 1.81. The Balaban J connectivity index is 2.13. The summed E-state index contributed by atoms with van der Waals surface area (Å²) >= 11 is 0. The van der Waals surface area contributed by atoms with E-state index in [2.05, 4.69) is 15.3 Å². The fourth-order valence-electron chi connectivity index (χ4n) is 1.47. The summed E-state index contributed by atoms with van der Waals surface area (Å²) in [6.07, 6.45) is 3.55. The molecule has 0 fully saturated rings. The Morgan fingerprint density at radius 1 is 1.28 bits per heavy atom. The molecule has 0 aliphatic rings. The number of methoxy groups -OCH3 is 1. The third kappa shape index (κ3) is 3.07. The maximum Gasteiger partial charge on any atom is 0.125 e. The van der Waals surface area contributed by atoms with Gasteiger partial charge in [-0.15, -0.1) is 0 Å². The number of aromatic nitrogens is 1. The second-order valence-corrected chi connectivity index (χ2v) is 3.69. The van der Waals surface area contributed by atoms with Crippen LogP contribution in [0.5, 0.6) is 5.75 Å². The van der Waals surface area contributed by atoms with Gasteiger partial charge in [0.25, 0.3) is 0 Å². The first kappa shape index (κ1) is 12.1. The number of hydrogen-bond acceptors (Lipinski definition) is 4. The van der Waals surface area contributed by atoms with E-state index in [0.29, 0.717) is 0 Å². The van der Waals surface area contributed by atoms with Gasteiger partial charge in [-0.1, -0.05) is 6.07 Å². The van der Waals surface area contributed by atoms with E-state index in [9.17, 15) is 0 Å². The van der Waals surface area contributed by atoms with Crippen molar-refractivity contribution >= 4 is 17.7 Å². The van der Waals surface area contributed by atoms with Crippen LogP contribution in [0.15, 0.2) is 47.6 Å². The number of rotatable bonds is 4. The lowest BCUT2D eigenvalue weighted by molar-refractivity contribution is 0.415. The van der Waals surface area contributed by atoms with E-state index in [1.54, 1.807) is 19.5 Å². The molecule has 0 aliphatic heterocycles. The highest BCUT2D eigenvalue weighted by molar-refractivity contribution is 5.81. The van der Waals surface area contributed by atoms with E-state index in [-0.39, 0.29) is 0 Å². The average molecular weight is 241 g/mol. The van der Waals surface area contributed by atoms with Crippen molar-refractivity contribution < 1.29 is 4.74 Å². The Bertz CT molecular complexity index is 535. The molecule has 2 rings (SSSR count). The summed E-state index contributed by atoms with van der Waals surface area (Å²) in [7, 11) is 3.48. The molecular formula is C14H15N3O. The van der Waals surface area contributed by atoms with Crippen LogP contribution in [-0.4, -0.2) is 25.4 Å². The molecule has 18 heavy (non-hydrogen) atoms. The Labute approximate surface area is 106 Å². The van der Waals surface area contributed by atoms with Crippen LogP contribution in [0.1, 0.15) is 5.56 Å². The van der Waals surface area contributed by atoms with Crippen molar-refractivity contribution in [1.82, 2.24) is 4.98 Å². The fraction of sp³-hybridized carbons (Fsp3) is 0.143. The molecule has 92 valence electrons. The van der Waals surface area contributed by atoms with Crippen LogP contribution in [0.3, 0.4) is 0 Å². The normalized spacial score (nSPS) is 10.6. The van der Waals surface area contributed by atoms with Gasteiger partial charge in [-0.25, -0.2) is 4.98 Å². The van der Waals surface area contributed by atoms with Crippen molar-refractivity contribution in [3.8, 4) is 5.75 Å². The monoisotopic (exact) mass is 241 g/mol. The second kappa shape index (κ2) is 5.82. The van der Waals surface area contributed by atoms with Gasteiger partial charge in [-0.3, -0.25) is 4.99 Å². The maximum absolute atomic E-state index is 5.14. The van der Waals surface area contributed by atoms with Gasteiger partial charge in [0.1, 0.15) is 11.6 Å². The van der Waals surface area contributed by atoms with Crippen molar-refractivity contribution in [2.45, 2.75) is 0 Å². The van der Waals surface area contributed by atoms with Gasteiger partial charge < -0.3 is 10.1 Å². The summed E-state index contributed by atoms with van der Waals surface area (Å²) in [4.78, 5) is 8.59. The molecule has 0 saturated heterocycles. The van der Waals surface area contributed by atoms with E-state index >= 15 is 0 Å². The lowest BCUT2D eigenvalue weighted by atomic mass is 10.3. The highest BCUT2D eigenvalue weighted by Crippen LogP contribution is 2.19. The summed E-state index contributed by atoms with van der Waals surface area (Å²) < 4.78 is 5.14. The molecule has 0 aliphatic carbocycles. The highest BCUT2D eigenvalue weighted by Gasteiger charge is 1.94. The number of nitrogens with one attached hydrogen (secondary N) is 1.